The molecule has 1 heterocycles. The minimum atomic E-state index is -0.462. The summed E-state index contributed by atoms with van der Waals surface area (Å²) in [6, 6.07) is 10.2. The molecule has 0 saturated carbocycles. The van der Waals surface area contributed by atoms with Gasteiger partial charge in [-0.25, -0.2) is 0 Å². The number of aliphatic hydroxyl groups is 1. The fourth-order valence-corrected chi connectivity index (χ4v) is 2.33. The Morgan fingerprint density at radius 1 is 1.24 bits per heavy atom. The van der Waals surface area contributed by atoms with E-state index in [1.807, 2.05) is 29.1 Å². The standard InChI is InChI=1S/C17H25N3O/c1-14(2)12-15-4-6-16(7-5-15)17(21)13-18-9-11-20-10-3-8-19-20/h3-8,10,14,17-18,21H,9,11-13H2,1-2H3. The second-order valence-corrected chi connectivity index (χ2v) is 5.83. The smallest absolute Gasteiger partial charge is 0.0914 e. The molecular formula is C17H25N3O. The van der Waals surface area contributed by atoms with Crippen LogP contribution in [0.5, 0.6) is 0 Å². The maximum Gasteiger partial charge on any atom is 0.0914 e. The molecule has 1 aromatic heterocycles. The van der Waals surface area contributed by atoms with E-state index in [0.717, 1.165) is 25.1 Å². The zero-order valence-electron chi connectivity index (χ0n) is 12.9. The van der Waals surface area contributed by atoms with Crippen molar-refractivity contribution in [2.75, 3.05) is 13.1 Å². The van der Waals surface area contributed by atoms with E-state index in [2.05, 4.69) is 36.4 Å². The van der Waals surface area contributed by atoms with Gasteiger partial charge in [0.1, 0.15) is 0 Å². The fourth-order valence-electron chi connectivity index (χ4n) is 2.33. The fraction of sp³-hybridized carbons (Fsp3) is 0.471. The lowest BCUT2D eigenvalue weighted by molar-refractivity contribution is 0.174. The minimum absolute atomic E-state index is 0.462. The van der Waals surface area contributed by atoms with Crippen LogP contribution in [0.15, 0.2) is 42.7 Å². The summed E-state index contributed by atoms with van der Waals surface area (Å²) in [6.07, 6.45) is 4.33. The van der Waals surface area contributed by atoms with E-state index in [9.17, 15) is 5.11 Å². The molecule has 1 unspecified atom stereocenters. The van der Waals surface area contributed by atoms with Crippen LogP contribution in [0.25, 0.3) is 0 Å². The molecule has 0 radical (unpaired) electrons. The van der Waals surface area contributed by atoms with Gasteiger partial charge in [-0.1, -0.05) is 38.1 Å². The van der Waals surface area contributed by atoms with Crippen LogP contribution in [0.3, 0.4) is 0 Å². The summed E-state index contributed by atoms with van der Waals surface area (Å²) < 4.78 is 1.88. The van der Waals surface area contributed by atoms with E-state index < -0.39 is 6.10 Å². The van der Waals surface area contributed by atoms with Crippen molar-refractivity contribution in [1.29, 1.82) is 0 Å². The van der Waals surface area contributed by atoms with E-state index in [4.69, 9.17) is 0 Å². The Balaban J connectivity index is 1.73. The maximum absolute atomic E-state index is 10.2. The molecule has 0 aliphatic heterocycles. The summed E-state index contributed by atoms with van der Waals surface area (Å²) >= 11 is 0. The molecule has 2 aromatic rings. The van der Waals surface area contributed by atoms with Crippen LogP contribution in [-0.2, 0) is 13.0 Å². The van der Waals surface area contributed by atoms with Gasteiger partial charge in [-0.05, 0) is 29.5 Å². The predicted molar refractivity (Wildman–Crippen MR) is 85.0 cm³/mol. The summed E-state index contributed by atoms with van der Waals surface area (Å²) in [5.74, 6) is 0.657. The summed E-state index contributed by atoms with van der Waals surface area (Å²) in [7, 11) is 0. The first-order valence-corrected chi connectivity index (χ1v) is 7.60. The third kappa shape index (κ3) is 5.33. The van der Waals surface area contributed by atoms with Crippen molar-refractivity contribution < 1.29 is 5.11 Å². The van der Waals surface area contributed by atoms with Crippen LogP contribution < -0.4 is 5.32 Å². The molecule has 0 saturated heterocycles. The molecular weight excluding hydrogens is 262 g/mol. The van der Waals surface area contributed by atoms with Crippen molar-refractivity contribution in [2.45, 2.75) is 32.9 Å². The van der Waals surface area contributed by atoms with Gasteiger partial charge < -0.3 is 10.4 Å². The minimum Gasteiger partial charge on any atom is -0.387 e. The highest BCUT2D eigenvalue weighted by atomic mass is 16.3. The van der Waals surface area contributed by atoms with Gasteiger partial charge in [-0.15, -0.1) is 0 Å². The third-order valence-electron chi connectivity index (χ3n) is 3.42. The zero-order valence-corrected chi connectivity index (χ0v) is 12.9. The second-order valence-electron chi connectivity index (χ2n) is 5.83. The molecule has 0 amide bonds. The first-order chi connectivity index (χ1) is 10.1. The molecule has 0 aliphatic carbocycles. The molecule has 21 heavy (non-hydrogen) atoms. The Labute approximate surface area is 126 Å². The van der Waals surface area contributed by atoms with Gasteiger partial charge in [-0.3, -0.25) is 4.68 Å². The average Bonchev–Trinajstić information content (AvgIpc) is 2.97. The van der Waals surface area contributed by atoms with Crippen LogP contribution in [0.1, 0.15) is 31.1 Å². The van der Waals surface area contributed by atoms with Gasteiger partial charge in [0.15, 0.2) is 0 Å². The van der Waals surface area contributed by atoms with Gasteiger partial charge in [0.25, 0.3) is 0 Å². The molecule has 2 N–H and O–H groups in total. The monoisotopic (exact) mass is 287 g/mol. The highest BCUT2D eigenvalue weighted by Gasteiger charge is 2.07. The topological polar surface area (TPSA) is 50.1 Å². The Bertz CT molecular complexity index is 505. The summed E-state index contributed by atoms with van der Waals surface area (Å²) in [6.45, 7) is 6.60. The largest absolute Gasteiger partial charge is 0.387 e. The van der Waals surface area contributed by atoms with E-state index in [-0.39, 0.29) is 0 Å². The van der Waals surface area contributed by atoms with Crippen LogP contribution >= 0.6 is 0 Å². The molecule has 0 spiro atoms. The summed E-state index contributed by atoms with van der Waals surface area (Å²) in [5, 5.41) is 17.6. The maximum atomic E-state index is 10.2. The van der Waals surface area contributed by atoms with Crippen LogP contribution in [0.2, 0.25) is 0 Å². The second kappa shape index (κ2) is 7.96. The van der Waals surface area contributed by atoms with Gasteiger partial charge in [0.05, 0.1) is 12.6 Å². The molecule has 1 atom stereocenters. The molecule has 0 fully saturated rings. The van der Waals surface area contributed by atoms with Gasteiger partial charge in [-0.2, -0.15) is 5.10 Å². The summed E-state index contributed by atoms with van der Waals surface area (Å²) in [4.78, 5) is 0. The molecule has 4 nitrogen and oxygen atoms in total. The van der Waals surface area contributed by atoms with Gasteiger partial charge >= 0.3 is 0 Å². The Morgan fingerprint density at radius 3 is 2.62 bits per heavy atom. The molecule has 0 aliphatic rings. The molecule has 4 heteroatoms. The van der Waals surface area contributed by atoms with Gasteiger partial charge in [0.2, 0.25) is 0 Å². The lowest BCUT2D eigenvalue weighted by Gasteiger charge is -2.13. The quantitative estimate of drug-likeness (QED) is 0.733. The van der Waals surface area contributed by atoms with E-state index in [0.29, 0.717) is 12.5 Å². The van der Waals surface area contributed by atoms with Crippen molar-refractivity contribution in [3.63, 3.8) is 0 Å². The number of nitrogens with one attached hydrogen (secondary N) is 1. The highest BCUT2D eigenvalue weighted by Crippen LogP contribution is 2.15. The lowest BCUT2D eigenvalue weighted by Crippen LogP contribution is -2.25. The van der Waals surface area contributed by atoms with Gasteiger partial charge in [0, 0.05) is 25.5 Å². The van der Waals surface area contributed by atoms with E-state index in [1.165, 1.54) is 5.56 Å². The van der Waals surface area contributed by atoms with Crippen LogP contribution in [0, 0.1) is 5.92 Å². The normalized spacial score (nSPS) is 12.8. The third-order valence-corrected chi connectivity index (χ3v) is 3.42. The van der Waals surface area contributed by atoms with Crippen molar-refractivity contribution in [1.82, 2.24) is 15.1 Å². The van der Waals surface area contributed by atoms with Crippen molar-refractivity contribution >= 4 is 0 Å². The molecule has 114 valence electrons. The molecule has 2 rings (SSSR count). The SMILES string of the molecule is CC(C)Cc1ccc(C(O)CNCCn2cccn2)cc1. The molecule has 0 bridgehead atoms. The van der Waals surface area contributed by atoms with Crippen LogP contribution in [0.4, 0.5) is 0 Å². The first-order valence-electron chi connectivity index (χ1n) is 7.60. The number of rotatable bonds is 8. The number of benzene rings is 1. The Kier molecular flexibility index (Phi) is 5.96. The number of aliphatic hydroxyl groups excluding tert-OH is 1. The number of hydrogen-bond donors (Lipinski definition) is 2. The van der Waals surface area contributed by atoms with Crippen molar-refractivity contribution in [2.24, 2.45) is 5.92 Å². The van der Waals surface area contributed by atoms with Crippen molar-refractivity contribution in [3.05, 3.63) is 53.9 Å². The predicted octanol–water partition coefficient (Wildman–Crippen LogP) is 2.40. The van der Waals surface area contributed by atoms with E-state index in [1.54, 1.807) is 6.20 Å². The summed E-state index contributed by atoms with van der Waals surface area (Å²) in [5.41, 5.74) is 2.29. The average molecular weight is 287 g/mol. The molecule has 1 aromatic carbocycles. The van der Waals surface area contributed by atoms with Crippen molar-refractivity contribution in [3.8, 4) is 0 Å². The zero-order chi connectivity index (χ0) is 15.1. The highest BCUT2D eigenvalue weighted by molar-refractivity contribution is 5.24. The number of aromatic nitrogens is 2. The first kappa shape index (κ1) is 15.7. The Hall–Kier alpha value is -1.65. The lowest BCUT2D eigenvalue weighted by atomic mass is 10.0. The number of hydrogen-bond acceptors (Lipinski definition) is 3. The van der Waals surface area contributed by atoms with Crippen LogP contribution in [-0.4, -0.2) is 28.0 Å². The Morgan fingerprint density at radius 2 is 2.00 bits per heavy atom. The van der Waals surface area contributed by atoms with E-state index >= 15 is 0 Å². The number of nitrogens with zero attached hydrogens (tertiary/aromatic N) is 2.